The number of nitrogens with two attached hydrogens (primary N) is 1. The molecule has 0 amide bonds. The summed E-state index contributed by atoms with van der Waals surface area (Å²) in [6, 6.07) is 3.62. The Labute approximate surface area is 114 Å². The number of anilines is 1. The minimum Gasteiger partial charge on any atom is -0.409 e. The number of amidine groups is 1. The molecule has 0 bridgehead atoms. The molecule has 1 aliphatic heterocycles. The molecule has 0 spiro atoms. The van der Waals surface area contributed by atoms with Gasteiger partial charge in [0.2, 0.25) is 0 Å². The predicted molar refractivity (Wildman–Crippen MR) is 76.5 cm³/mol. The summed E-state index contributed by atoms with van der Waals surface area (Å²) in [6.07, 6.45) is 2.88. The average Bonchev–Trinajstić information content (AvgIpc) is 2.87. The molecule has 1 saturated heterocycles. The molecule has 0 saturated carbocycles. The number of nitrogens with zero attached hydrogens (tertiary/aromatic N) is 3. The van der Waals surface area contributed by atoms with Gasteiger partial charge in [-0.1, -0.05) is 25.9 Å². The molecule has 0 aliphatic carbocycles. The molecule has 104 valence electrons. The quantitative estimate of drug-likeness (QED) is 0.370. The predicted octanol–water partition coefficient (Wildman–Crippen LogP) is 2.05. The zero-order chi connectivity index (χ0) is 14.0. The van der Waals surface area contributed by atoms with E-state index in [1.807, 2.05) is 6.07 Å². The van der Waals surface area contributed by atoms with E-state index in [-0.39, 0.29) is 5.84 Å². The third-order valence-corrected chi connectivity index (χ3v) is 3.89. The standard InChI is InChI=1S/C14H22N4O/c1-14(2,3)11-5-7-18(9-11)12-8-10(4-6-16-12)13(15)17-19/h4,6,8,11,19H,5,7,9H2,1-3H3,(H2,15,17). The van der Waals surface area contributed by atoms with Crippen LogP contribution in [0.2, 0.25) is 0 Å². The van der Waals surface area contributed by atoms with Gasteiger partial charge in [0.1, 0.15) is 5.82 Å². The molecule has 1 unspecified atom stereocenters. The molecule has 2 heterocycles. The number of hydrogen-bond donors (Lipinski definition) is 2. The van der Waals surface area contributed by atoms with Crippen molar-refractivity contribution in [2.24, 2.45) is 22.2 Å². The maximum absolute atomic E-state index is 8.72. The van der Waals surface area contributed by atoms with E-state index in [1.165, 1.54) is 6.42 Å². The summed E-state index contributed by atoms with van der Waals surface area (Å²) in [5.41, 5.74) is 6.63. The van der Waals surface area contributed by atoms with Crippen LogP contribution in [0.5, 0.6) is 0 Å². The Morgan fingerprint density at radius 1 is 1.53 bits per heavy atom. The first-order valence-electron chi connectivity index (χ1n) is 6.60. The fourth-order valence-electron chi connectivity index (χ4n) is 2.48. The lowest BCUT2D eigenvalue weighted by molar-refractivity contribution is 0.263. The number of hydrogen-bond acceptors (Lipinski definition) is 4. The van der Waals surface area contributed by atoms with Crippen molar-refractivity contribution in [3.63, 3.8) is 0 Å². The molecule has 1 aliphatic rings. The summed E-state index contributed by atoms with van der Waals surface area (Å²) in [5.74, 6) is 1.69. The maximum Gasteiger partial charge on any atom is 0.170 e. The van der Waals surface area contributed by atoms with Crippen molar-refractivity contribution >= 4 is 11.7 Å². The number of pyridine rings is 1. The van der Waals surface area contributed by atoms with Crippen LogP contribution in [-0.2, 0) is 0 Å². The van der Waals surface area contributed by atoms with E-state index < -0.39 is 0 Å². The molecular formula is C14H22N4O. The first-order valence-corrected chi connectivity index (χ1v) is 6.60. The minimum absolute atomic E-state index is 0.121. The van der Waals surface area contributed by atoms with Gasteiger partial charge in [-0.25, -0.2) is 4.98 Å². The van der Waals surface area contributed by atoms with Crippen LogP contribution < -0.4 is 10.6 Å². The Balaban J connectivity index is 2.16. The molecule has 19 heavy (non-hydrogen) atoms. The summed E-state index contributed by atoms with van der Waals surface area (Å²) in [4.78, 5) is 6.66. The van der Waals surface area contributed by atoms with Gasteiger partial charge in [0.25, 0.3) is 0 Å². The van der Waals surface area contributed by atoms with Crippen molar-refractivity contribution in [1.29, 1.82) is 0 Å². The van der Waals surface area contributed by atoms with Gasteiger partial charge in [-0.2, -0.15) is 0 Å². The van der Waals surface area contributed by atoms with Gasteiger partial charge in [0.05, 0.1) is 0 Å². The first kappa shape index (κ1) is 13.6. The van der Waals surface area contributed by atoms with Gasteiger partial charge >= 0.3 is 0 Å². The molecule has 0 aromatic carbocycles. The lowest BCUT2D eigenvalue weighted by Gasteiger charge is -2.27. The Kier molecular flexibility index (Phi) is 3.64. The van der Waals surface area contributed by atoms with Crippen LogP contribution in [0.15, 0.2) is 23.5 Å². The number of rotatable bonds is 2. The van der Waals surface area contributed by atoms with E-state index in [0.717, 1.165) is 18.9 Å². The van der Waals surface area contributed by atoms with Crippen LogP contribution in [0, 0.1) is 11.3 Å². The molecule has 5 nitrogen and oxygen atoms in total. The summed E-state index contributed by atoms with van der Waals surface area (Å²) in [6.45, 7) is 8.86. The minimum atomic E-state index is 0.121. The van der Waals surface area contributed by atoms with Gasteiger partial charge in [0.15, 0.2) is 5.84 Å². The molecule has 1 atom stereocenters. The Bertz CT molecular complexity index is 479. The van der Waals surface area contributed by atoms with Crippen LogP contribution in [0.25, 0.3) is 0 Å². The van der Waals surface area contributed by atoms with Crippen molar-refractivity contribution in [3.8, 4) is 0 Å². The molecule has 3 N–H and O–H groups in total. The molecule has 0 radical (unpaired) electrons. The Hall–Kier alpha value is -1.78. The van der Waals surface area contributed by atoms with Crippen LogP contribution in [-0.4, -0.2) is 29.1 Å². The lowest BCUT2D eigenvalue weighted by Crippen LogP contribution is -2.26. The normalized spacial score (nSPS) is 20.9. The maximum atomic E-state index is 8.72. The highest BCUT2D eigenvalue weighted by molar-refractivity contribution is 5.97. The lowest BCUT2D eigenvalue weighted by atomic mass is 9.80. The van der Waals surface area contributed by atoms with Crippen molar-refractivity contribution < 1.29 is 5.21 Å². The van der Waals surface area contributed by atoms with Crippen molar-refractivity contribution in [2.45, 2.75) is 27.2 Å². The number of oxime groups is 1. The Morgan fingerprint density at radius 2 is 2.26 bits per heavy atom. The SMILES string of the molecule is CC(C)(C)C1CCN(c2cc(/C(N)=N/O)ccn2)C1. The summed E-state index contributed by atoms with van der Waals surface area (Å²) in [7, 11) is 0. The highest BCUT2D eigenvalue weighted by Gasteiger charge is 2.32. The van der Waals surface area contributed by atoms with Crippen LogP contribution in [0.1, 0.15) is 32.8 Å². The molecule has 1 aromatic heterocycles. The van der Waals surface area contributed by atoms with Crippen molar-refractivity contribution in [2.75, 3.05) is 18.0 Å². The summed E-state index contributed by atoms with van der Waals surface area (Å²) < 4.78 is 0. The van der Waals surface area contributed by atoms with Crippen LogP contribution in [0.4, 0.5) is 5.82 Å². The smallest absolute Gasteiger partial charge is 0.170 e. The van der Waals surface area contributed by atoms with E-state index >= 15 is 0 Å². The fraction of sp³-hybridized carbons (Fsp3) is 0.571. The molecule has 2 rings (SSSR count). The van der Waals surface area contributed by atoms with E-state index in [0.29, 0.717) is 16.9 Å². The second-order valence-corrected chi connectivity index (χ2v) is 6.19. The van der Waals surface area contributed by atoms with Gasteiger partial charge in [0, 0.05) is 24.8 Å². The van der Waals surface area contributed by atoms with Crippen molar-refractivity contribution in [1.82, 2.24) is 4.98 Å². The highest BCUT2D eigenvalue weighted by Crippen LogP contribution is 2.35. The van der Waals surface area contributed by atoms with Crippen LogP contribution in [0.3, 0.4) is 0 Å². The van der Waals surface area contributed by atoms with E-state index in [4.69, 9.17) is 10.9 Å². The zero-order valence-corrected chi connectivity index (χ0v) is 11.8. The van der Waals surface area contributed by atoms with Gasteiger partial charge in [-0.3, -0.25) is 0 Å². The highest BCUT2D eigenvalue weighted by atomic mass is 16.4. The molecule has 5 heteroatoms. The second kappa shape index (κ2) is 5.07. The van der Waals surface area contributed by atoms with Gasteiger partial charge in [-0.05, 0) is 29.9 Å². The third kappa shape index (κ3) is 2.97. The van der Waals surface area contributed by atoms with Gasteiger partial charge < -0.3 is 15.8 Å². The largest absolute Gasteiger partial charge is 0.409 e. The fourth-order valence-corrected chi connectivity index (χ4v) is 2.48. The monoisotopic (exact) mass is 262 g/mol. The average molecular weight is 262 g/mol. The Morgan fingerprint density at radius 3 is 2.84 bits per heavy atom. The summed E-state index contributed by atoms with van der Waals surface area (Å²) >= 11 is 0. The second-order valence-electron chi connectivity index (χ2n) is 6.19. The van der Waals surface area contributed by atoms with E-state index in [1.54, 1.807) is 12.3 Å². The third-order valence-electron chi connectivity index (χ3n) is 3.89. The zero-order valence-electron chi connectivity index (χ0n) is 11.8. The van der Waals surface area contributed by atoms with Gasteiger partial charge in [-0.15, -0.1) is 0 Å². The van der Waals surface area contributed by atoms with Crippen LogP contribution >= 0.6 is 0 Å². The molecule has 1 fully saturated rings. The molecule has 1 aromatic rings. The number of aromatic nitrogens is 1. The van der Waals surface area contributed by atoms with Crippen molar-refractivity contribution in [3.05, 3.63) is 23.9 Å². The molecular weight excluding hydrogens is 240 g/mol. The van der Waals surface area contributed by atoms with E-state index in [9.17, 15) is 0 Å². The van der Waals surface area contributed by atoms with E-state index in [2.05, 4.69) is 35.8 Å². The topological polar surface area (TPSA) is 74.7 Å². The first-order chi connectivity index (χ1) is 8.91. The summed E-state index contributed by atoms with van der Waals surface area (Å²) in [5, 5.41) is 11.8.